The highest BCUT2D eigenvalue weighted by Crippen LogP contribution is 2.41. The van der Waals surface area contributed by atoms with Crippen LogP contribution in [-0.2, 0) is 9.59 Å². The Morgan fingerprint density at radius 1 is 1.64 bits per heavy atom. The fourth-order valence-corrected chi connectivity index (χ4v) is 2.65. The second kappa shape index (κ2) is 2.36. The van der Waals surface area contributed by atoms with E-state index in [1.165, 1.54) is 4.90 Å². The lowest BCUT2D eigenvalue weighted by atomic mass is 9.82. The van der Waals surface area contributed by atoms with Gasteiger partial charge in [0.25, 0.3) is 0 Å². The number of nitrogens with zero attached hydrogens (tertiary/aromatic N) is 1. The standard InChI is InChI=1S/C9H10N2O3/c12-8-6-7-4(1-2-10-6)3-5(9(13)14)11(7)8/h3-4,6-7,10H,1-2H2,(H,13,14). The lowest BCUT2D eigenvalue weighted by molar-refractivity contribution is -0.154. The number of carboxylic acids is 1. The molecule has 0 aromatic heterocycles. The summed E-state index contributed by atoms with van der Waals surface area (Å²) in [6.07, 6.45) is 2.65. The molecule has 1 amide bonds. The fourth-order valence-electron chi connectivity index (χ4n) is 2.65. The molecule has 0 spiro atoms. The number of rotatable bonds is 1. The van der Waals surface area contributed by atoms with E-state index in [-0.39, 0.29) is 29.6 Å². The van der Waals surface area contributed by atoms with Gasteiger partial charge in [0.2, 0.25) is 5.91 Å². The highest BCUT2D eigenvalue weighted by Gasteiger charge is 2.58. The molecular formula is C9H10N2O3. The van der Waals surface area contributed by atoms with Crippen molar-refractivity contribution in [3.63, 3.8) is 0 Å². The maximum Gasteiger partial charge on any atom is 0.352 e. The van der Waals surface area contributed by atoms with Crippen LogP contribution >= 0.6 is 0 Å². The van der Waals surface area contributed by atoms with E-state index >= 15 is 0 Å². The number of β-lactam (4-membered cyclic amide) rings is 1. The Labute approximate surface area is 80.4 Å². The molecule has 3 aliphatic rings. The molecule has 14 heavy (non-hydrogen) atoms. The Morgan fingerprint density at radius 3 is 3.14 bits per heavy atom. The minimum Gasteiger partial charge on any atom is -0.477 e. The van der Waals surface area contributed by atoms with Crippen LogP contribution in [0, 0.1) is 5.92 Å². The Bertz CT molecular complexity index is 363. The smallest absolute Gasteiger partial charge is 0.352 e. The molecular weight excluding hydrogens is 184 g/mol. The Hall–Kier alpha value is -1.36. The van der Waals surface area contributed by atoms with E-state index in [1.807, 2.05) is 0 Å². The van der Waals surface area contributed by atoms with Crippen LogP contribution in [-0.4, -0.2) is 40.5 Å². The van der Waals surface area contributed by atoms with Crippen molar-refractivity contribution in [2.45, 2.75) is 18.5 Å². The number of nitrogens with one attached hydrogen (secondary N) is 1. The number of hydrogen-bond acceptors (Lipinski definition) is 3. The van der Waals surface area contributed by atoms with Crippen molar-refractivity contribution in [2.75, 3.05) is 6.54 Å². The van der Waals surface area contributed by atoms with E-state index in [4.69, 9.17) is 5.11 Å². The van der Waals surface area contributed by atoms with Gasteiger partial charge in [-0.25, -0.2) is 4.79 Å². The van der Waals surface area contributed by atoms with Gasteiger partial charge in [0.15, 0.2) is 0 Å². The first-order valence-corrected chi connectivity index (χ1v) is 4.72. The van der Waals surface area contributed by atoms with Crippen LogP contribution in [0.15, 0.2) is 11.8 Å². The summed E-state index contributed by atoms with van der Waals surface area (Å²) in [7, 11) is 0. The van der Waals surface area contributed by atoms with Crippen molar-refractivity contribution in [3.8, 4) is 0 Å². The van der Waals surface area contributed by atoms with Crippen molar-refractivity contribution in [2.24, 2.45) is 5.92 Å². The molecule has 2 N–H and O–H groups in total. The zero-order chi connectivity index (χ0) is 9.87. The zero-order valence-electron chi connectivity index (χ0n) is 7.43. The van der Waals surface area contributed by atoms with Crippen LogP contribution in [0.1, 0.15) is 6.42 Å². The molecule has 0 bridgehead atoms. The largest absolute Gasteiger partial charge is 0.477 e. The van der Waals surface area contributed by atoms with Crippen molar-refractivity contribution in [1.29, 1.82) is 0 Å². The van der Waals surface area contributed by atoms with Gasteiger partial charge in [-0.15, -0.1) is 0 Å². The van der Waals surface area contributed by atoms with Crippen molar-refractivity contribution in [3.05, 3.63) is 11.8 Å². The maximum atomic E-state index is 11.5. The van der Waals surface area contributed by atoms with Crippen LogP contribution in [0.2, 0.25) is 0 Å². The fraction of sp³-hybridized carbons (Fsp3) is 0.556. The Kier molecular flexibility index (Phi) is 1.35. The predicted octanol–water partition coefficient (Wildman–Crippen LogP) is -0.843. The molecule has 0 aliphatic carbocycles. The van der Waals surface area contributed by atoms with Crippen LogP contribution in [0.5, 0.6) is 0 Å². The summed E-state index contributed by atoms with van der Waals surface area (Å²) in [6.45, 7) is 0.800. The minimum absolute atomic E-state index is 0.0716. The topological polar surface area (TPSA) is 69.6 Å². The van der Waals surface area contributed by atoms with Crippen LogP contribution in [0.25, 0.3) is 0 Å². The first-order chi connectivity index (χ1) is 6.70. The maximum absolute atomic E-state index is 11.5. The molecule has 0 aromatic carbocycles. The first kappa shape index (κ1) is 7.99. The third kappa shape index (κ3) is 0.737. The van der Waals surface area contributed by atoms with E-state index in [0.717, 1.165) is 13.0 Å². The molecule has 3 atom stereocenters. The molecule has 5 nitrogen and oxygen atoms in total. The van der Waals surface area contributed by atoms with Gasteiger partial charge in [-0.05, 0) is 19.0 Å². The number of amides is 1. The summed E-state index contributed by atoms with van der Waals surface area (Å²) in [5.74, 6) is -0.845. The summed E-state index contributed by atoms with van der Waals surface area (Å²) >= 11 is 0. The summed E-state index contributed by atoms with van der Waals surface area (Å²) < 4.78 is 0. The van der Waals surface area contributed by atoms with E-state index in [2.05, 4.69) is 5.32 Å². The molecule has 3 aliphatic heterocycles. The zero-order valence-corrected chi connectivity index (χ0v) is 7.43. The highest BCUT2D eigenvalue weighted by atomic mass is 16.4. The van der Waals surface area contributed by atoms with E-state index < -0.39 is 5.97 Å². The van der Waals surface area contributed by atoms with Gasteiger partial charge in [-0.2, -0.15) is 0 Å². The molecule has 0 aromatic rings. The average Bonchev–Trinajstić information content (AvgIpc) is 2.54. The number of piperidine rings is 1. The molecule has 5 heteroatoms. The number of aliphatic carboxylic acids is 1. The number of carbonyl (C=O) groups excluding carboxylic acids is 1. The summed E-state index contributed by atoms with van der Waals surface area (Å²) in [4.78, 5) is 23.8. The normalized spacial score (nSPS) is 38.9. The van der Waals surface area contributed by atoms with Crippen LogP contribution in [0.4, 0.5) is 0 Å². The third-order valence-corrected chi connectivity index (χ3v) is 3.27. The van der Waals surface area contributed by atoms with Gasteiger partial charge in [-0.1, -0.05) is 0 Å². The van der Waals surface area contributed by atoms with E-state index in [9.17, 15) is 9.59 Å². The molecule has 74 valence electrons. The van der Waals surface area contributed by atoms with Gasteiger partial charge in [0, 0.05) is 5.92 Å². The van der Waals surface area contributed by atoms with Crippen LogP contribution in [0.3, 0.4) is 0 Å². The van der Waals surface area contributed by atoms with Gasteiger partial charge in [0.1, 0.15) is 11.7 Å². The molecule has 3 heterocycles. The molecule has 0 saturated carbocycles. The molecule has 2 saturated heterocycles. The van der Waals surface area contributed by atoms with Gasteiger partial charge in [0.05, 0.1) is 6.04 Å². The average molecular weight is 194 g/mol. The summed E-state index contributed by atoms with van der Waals surface area (Å²) in [5.41, 5.74) is 0.171. The van der Waals surface area contributed by atoms with Gasteiger partial charge < -0.3 is 10.4 Å². The molecule has 2 fully saturated rings. The number of carbonyl (C=O) groups is 2. The predicted molar refractivity (Wildman–Crippen MR) is 46.3 cm³/mol. The summed E-state index contributed by atoms with van der Waals surface area (Å²) in [5, 5.41) is 12.0. The lowest BCUT2D eigenvalue weighted by Crippen LogP contribution is -2.71. The van der Waals surface area contributed by atoms with Crippen molar-refractivity contribution < 1.29 is 14.7 Å². The van der Waals surface area contributed by atoms with Crippen molar-refractivity contribution in [1.82, 2.24) is 10.2 Å². The monoisotopic (exact) mass is 194 g/mol. The number of hydrogen-bond donors (Lipinski definition) is 2. The third-order valence-electron chi connectivity index (χ3n) is 3.27. The quantitative estimate of drug-likeness (QED) is 0.534. The molecule has 3 rings (SSSR count). The number of carboxylic acid groups (broad SMARTS) is 1. The van der Waals surface area contributed by atoms with Gasteiger partial charge in [-0.3, -0.25) is 9.69 Å². The Morgan fingerprint density at radius 2 is 2.43 bits per heavy atom. The molecule has 0 radical (unpaired) electrons. The van der Waals surface area contributed by atoms with E-state index in [1.54, 1.807) is 6.08 Å². The van der Waals surface area contributed by atoms with Crippen molar-refractivity contribution >= 4 is 11.9 Å². The van der Waals surface area contributed by atoms with Crippen LogP contribution < -0.4 is 5.32 Å². The second-order valence-electron chi connectivity index (χ2n) is 3.94. The summed E-state index contributed by atoms with van der Waals surface area (Å²) in [6, 6.07) is -0.0656. The SMILES string of the molecule is O=C(O)C1=CC2CCNC3C(=O)N1C23. The highest BCUT2D eigenvalue weighted by molar-refractivity contribution is 6.00. The van der Waals surface area contributed by atoms with Gasteiger partial charge >= 0.3 is 5.97 Å². The second-order valence-corrected chi connectivity index (χ2v) is 3.94. The molecule has 3 unspecified atom stereocenters. The first-order valence-electron chi connectivity index (χ1n) is 4.72. The Balaban J connectivity index is 1.98. The minimum atomic E-state index is -0.994. The van der Waals surface area contributed by atoms with E-state index in [0.29, 0.717) is 0 Å². The lowest BCUT2D eigenvalue weighted by Gasteiger charge is -2.48.